The number of nitrogens with zero attached hydrogens (tertiary/aromatic N) is 5. The van der Waals surface area contributed by atoms with Crippen LogP contribution >= 0.6 is 0 Å². The molecule has 26 heavy (non-hydrogen) atoms. The van der Waals surface area contributed by atoms with Crippen molar-refractivity contribution in [2.24, 2.45) is 0 Å². The molecule has 4 rings (SSSR count). The molecule has 2 aliphatic heterocycles. The summed E-state index contributed by atoms with van der Waals surface area (Å²) in [7, 11) is 0. The summed E-state index contributed by atoms with van der Waals surface area (Å²) < 4.78 is 5.44. The van der Waals surface area contributed by atoms with Crippen molar-refractivity contribution in [3.63, 3.8) is 0 Å². The van der Waals surface area contributed by atoms with E-state index in [0.29, 0.717) is 56.9 Å². The van der Waals surface area contributed by atoms with Crippen LogP contribution < -0.4 is 15.0 Å². The molecule has 9 heteroatoms. The molecule has 0 saturated carbocycles. The van der Waals surface area contributed by atoms with Gasteiger partial charge in [0.2, 0.25) is 11.8 Å². The second-order valence-corrected chi connectivity index (χ2v) is 6.36. The van der Waals surface area contributed by atoms with Gasteiger partial charge in [0.15, 0.2) is 5.69 Å². The molecule has 9 nitrogen and oxygen atoms in total. The maximum absolute atomic E-state index is 12.9. The molecule has 4 heterocycles. The van der Waals surface area contributed by atoms with Gasteiger partial charge in [-0.2, -0.15) is 10.1 Å². The Morgan fingerprint density at radius 3 is 2.96 bits per heavy atom. The normalized spacial score (nSPS) is 17.1. The van der Waals surface area contributed by atoms with Crippen LogP contribution in [0.2, 0.25) is 0 Å². The zero-order chi connectivity index (χ0) is 17.9. The van der Waals surface area contributed by atoms with E-state index in [-0.39, 0.29) is 5.91 Å². The van der Waals surface area contributed by atoms with E-state index in [1.165, 1.54) is 0 Å². The fourth-order valence-electron chi connectivity index (χ4n) is 3.37. The first-order valence-electron chi connectivity index (χ1n) is 9.03. The third-order valence-corrected chi connectivity index (χ3v) is 4.77. The zero-order valence-corrected chi connectivity index (χ0v) is 14.9. The molecule has 0 aliphatic carbocycles. The summed E-state index contributed by atoms with van der Waals surface area (Å²) in [6.07, 6.45) is 2.59. The Kier molecular flexibility index (Phi) is 4.70. The second kappa shape index (κ2) is 7.28. The van der Waals surface area contributed by atoms with Crippen LogP contribution in [0.3, 0.4) is 0 Å². The number of aromatic amines is 1. The number of ether oxygens (including phenoxy) is 1. The van der Waals surface area contributed by atoms with E-state index >= 15 is 0 Å². The second-order valence-electron chi connectivity index (χ2n) is 6.36. The minimum absolute atomic E-state index is 0.00478. The van der Waals surface area contributed by atoms with Gasteiger partial charge in [-0.25, -0.2) is 4.98 Å². The molecule has 2 N–H and O–H groups in total. The van der Waals surface area contributed by atoms with Gasteiger partial charge in [0, 0.05) is 69.2 Å². The minimum atomic E-state index is -0.00478. The van der Waals surface area contributed by atoms with Crippen LogP contribution in [-0.2, 0) is 13.0 Å². The number of anilines is 1. The lowest BCUT2D eigenvalue weighted by molar-refractivity contribution is 0.0739. The molecule has 0 atom stereocenters. The smallest absolute Gasteiger partial charge is 0.274 e. The summed E-state index contributed by atoms with van der Waals surface area (Å²) in [5.41, 5.74) is 2.64. The molecule has 0 bridgehead atoms. The van der Waals surface area contributed by atoms with Crippen molar-refractivity contribution in [2.45, 2.75) is 19.9 Å². The molecule has 1 amide bonds. The third kappa shape index (κ3) is 3.22. The Labute approximate surface area is 151 Å². The predicted molar refractivity (Wildman–Crippen MR) is 95.3 cm³/mol. The summed E-state index contributed by atoms with van der Waals surface area (Å²) >= 11 is 0. The lowest BCUT2D eigenvalue weighted by Crippen LogP contribution is -2.49. The number of carbonyl (C=O) groups excluding carboxylic acids is 1. The summed E-state index contributed by atoms with van der Waals surface area (Å²) in [6.45, 7) is 6.73. The van der Waals surface area contributed by atoms with Crippen molar-refractivity contribution in [1.29, 1.82) is 0 Å². The molecular weight excluding hydrogens is 334 g/mol. The maximum atomic E-state index is 12.9. The van der Waals surface area contributed by atoms with E-state index < -0.39 is 0 Å². The number of hydrogen-bond acceptors (Lipinski definition) is 7. The van der Waals surface area contributed by atoms with Crippen LogP contribution in [0.5, 0.6) is 5.88 Å². The Morgan fingerprint density at radius 1 is 1.31 bits per heavy atom. The monoisotopic (exact) mass is 357 g/mol. The SMILES string of the molecule is CCOc1ccnc(N2CCN(C(=O)c3n[nH]c4c3CNCC4)CC2)n1. The van der Waals surface area contributed by atoms with Crippen molar-refractivity contribution in [3.05, 3.63) is 29.2 Å². The fraction of sp³-hybridized carbons (Fsp3) is 0.529. The minimum Gasteiger partial charge on any atom is -0.478 e. The molecule has 2 aliphatic rings. The quantitative estimate of drug-likeness (QED) is 0.807. The number of fused-ring (bicyclic) bond motifs is 1. The van der Waals surface area contributed by atoms with E-state index in [0.717, 1.165) is 24.2 Å². The van der Waals surface area contributed by atoms with Gasteiger partial charge in [-0.1, -0.05) is 0 Å². The van der Waals surface area contributed by atoms with Gasteiger partial charge < -0.3 is 19.9 Å². The largest absolute Gasteiger partial charge is 0.478 e. The molecule has 0 aromatic carbocycles. The van der Waals surface area contributed by atoms with Crippen molar-refractivity contribution < 1.29 is 9.53 Å². The van der Waals surface area contributed by atoms with Crippen molar-refractivity contribution >= 4 is 11.9 Å². The number of piperazine rings is 1. The Balaban J connectivity index is 1.41. The molecular formula is C17H23N7O2. The number of aromatic nitrogens is 4. The number of nitrogens with one attached hydrogen (secondary N) is 2. The molecule has 2 aromatic heterocycles. The van der Waals surface area contributed by atoms with Gasteiger partial charge in [0.25, 0.3) is 5.91 Å². The molecule has 1 saturated heterocycles. The topological polar surface area (TPSA) is 99.3 Å². The summed E-state index contributed by atoms with van der Waals surface area (Å²) in [6, 6.07) is 1.75. The van der Waals surface area contributed by atoms with Crippen LogP contribution in [0.1, 0.15) is 28.7 Å². The lowest BCUT2D eigenvalue weighted by Gasteiger charge is -2.34. The van der Waals surface area contributed by atoms with Gasteiger partial charge in [-0.05, 0) is 6.92 Å². The van der Waals surface area contributed by atoms with E-state index in [1.807, 2.05) is 11.8 Å². The number of carbonyl (C=O) groups is 1. The van der Waals surface area contributed by atoms with Crippen molar-refractivity contribution in [2.75, 3.05) is 44.2 Å². The van der Waals surface area contributed by atoms with Gasteiger partial charge in [-0.15, -0.1) is 0 Å². The Morgan fingerprint density at radius 2 is 2.15 bits per heavy atom. The van der Waals surface area contributed by atoms with Crippen LogP contribution in [0.4, 0.5) is 5.95 Å². The fourth-order valence-corrected chi connectivity index (χ4v) is 3.37. The molecule has 138 valence electrons. The van der Waals surface area contributed by atoms with Crippen LogP contribution in [0, 0.1) is 0 Å². The first-order valence-corrected chi connectivity index (χ1v) is 9.03. The van der Waals surface area contributed by atoms with Crippen molar-refractivity contribution in [1.82, 2.24) is 30.4 Å². The van der Waals surface area contributed by atoms with Gasteiger partial charge in [0.1, 0.15) is 0 Å². The molecule has 0 unspecified atom stereocenters. The Hall–Kier alpha value is -2.68. The highest BCUT2D eigenvalue weighted by atomic mass is 16.5. The first-order chi connectivity index (χ1) is 12.8. The molecule has 2 aromatic rings. The van der Waals surface area contributed by atoms with Gasteiger partial charge in [0.05, 0.1) is 6.61 Å². The standard InChI is InChI=1S/C17H23N7O2/c1-2-26-14-4-6-19-17(20-14)24-9-7-23(8-10-24)16(25)15-12-11-18-5-3-13(12)21-22-15/h4,6,18H,2-3,5,7-11H2,1H3,(H,21,22). The Bertz CT molecular complexity index is 783. The number of hydrogen-bond donors (Lipinski definition) is 2. The average molecular weight is 357 g/mol. The van der Waals surface area contributed by atoms with Crippen LogP contribution in [-0.4, -0.2) is 70.3 Å². The molecule has 0 radical (unpaired) electrons. The summed E-state index contributed by atoms with van der Waals surface area (Å²) in [4.78, 5) is 25.5. The zero-order valence-electron chi connectivity index (χ0n) is 14.9. The highest BCUT2D eigenvalue weighted by Gasteiger charge is 2.28. The van der Waals surface area contributed by atoms with Gasteiger partial charge >= 0.3 is 0 Å². The van der Waals surface area contributed by atoms with Crippen LogP contribution in [0.25, 0.3) is 0 Å². The highest BCUT2D eigenvalue weighted by molar-refractivity contribution is 5.94. The summed E-state index contributed by atoms with van der Waals surface area (Å²) in [5.74, 6) is 1.21. The molecule has 0 spiro atoms. The van der Waals surface area contributed by atoms with Crippen LogP contribution in [0.15, 0.2) is 12.3 Å². The average Bonchev–Trinajstić information content (AvgIpc) is 3.12. The molecule has 1 fully saturated rings. The number of rotatable bonds is 4. The highest BCUT2D eigenvalue weighted by Crippen LogP contribution is 2.19. The van der Waals surface area contributed by atoms with E-state index in [9.17, 15) is 4.79 Å². The van der Waals surface area contributed by atoms with E-state index in [2.05, 4.69) is 30.4 Å². The summed E-state index contributed by atoms with van der Waals surface area (Å²) in [5, 5.41) is 10.6. The van der Waals surface area contributed by atoms with Crippen molar-refractivity contribution in [3.8, 4) is 5.88 Å². The lowest BCUT2D eigenvalue weighted by atomic mass is 10.1. The van der Waals surface area contributed by atoms with E-state index in [4.69, 9.17) is 4.74 Å². The maximum Gasteiger partial charge on any atom is 0.274 e. The first kappa shape index (κ1) is 16.8. The third-order valence-electron chi connectivity index (χ3n) is 4.77. The van der Waals surface area contributed by atoms with E-state index in [1.54, 1.807) is 12.3 Å². The predicted octanol–water partition coefficient (Wildman–Crippen LogP) is 0.207. The number of H-pyrrole nitrogens is 1. The number of amides is 1. The van der Waals surface area contributed by atoms with Gasteiger partial charge in [-0.3, -0.25) is 9.89 Å².